The summed E-state index contributed by atoms with van der Waals surface area (Å²) in [7, 11) is 1.77. The molecule has 0 saturated carbocycles. The molecule has 0 spiro atoms. The van der Waals surface area contributed by atoms with Crippen LogP contribution in [-0.2, 0) is 11.8 Å². The second-order valence-electron chi connectivity index (χ2n) is 2.33. The molecular formula is C6H9N3OS2. The van der Waals surface area contributed by atoms with Crippen LogP contribution in [-0.4, -0.2) is 26.3 Å². The Kier molecular flexibility index (Phi) is 3.16. The van der Waals surface area contributed by atoms with Crippen LogP contribution in [0.1, 0.15) is 11.1 Å². The van der Waals surface area contributed by atoms with Crippen LogP contribution in [0.2, 0.25) is 0 Å². The zero-order valence-electron chi connectivity index (χ0n) is 6.51. The Morgan fingerprint density at radius 3 is 2.92 bits per heavy atom. The minimum Gasteiger partial charge on any atom is -0.319 e. The first kappa shape index (κ1) is 9.60. The van der Waals surface area contributed by atoms with Crippen molar-refractivity contribution in [1.82, 2.24) is 14.8 Å². The average molecular weight is 203 g/mol. The molecule has 1 unspecified atom stereocenters. The number of carbonyl (C=O) groups excluding carboxylic acids is 1. The SMILES string of the molecule is Cn1cnnc1C(S)C(=O)CS. The summed E-state index contributed by atoms with van der Waals surface area (Å²) >= 11 is 7.97. The summed E-state index contributed by atoms with van der Waals surface area (Å²) in [6, 6.07) is 0. The summed E-state index contributed by atoms with van der Waals surface area (Å²) in [5, 5.41) is 6.89. The first-order valence-electron chi connectivity index (χ1n) is 3.32. The maximum atomic E-state index is 11.1. The first-order valence-corrected chi connectivity index (χ1v) is 4.47. The van der Waals surface area contributed by atoms with Crippen molar-refractivity contribution in [3.63, 3.8) is 0 Å². The number of nitrogens with zero attached hydrogens (tertiary/aromatic N) is 3. The maximum absolute atomic E-state index is 11.1. The summed E-state index contributed by atoms with van der Waals surface area (Å²) in [5.41, 5.74) is 0. The van der Waals surface area contributed by atoms with Gasteiger partial charge < -0.3 is 4.57 Å². The van der Waals surface area contributed by atoms with Crippen molar-refractivity contribution in [2.45, 2.75) is 5.25 Å². The van der Waals surface area contributed by atoms with Crippen LogP contribution in [0, 0.1) is 0 Å². The number of hydrogen-bond acceptors (Lipinski definition) is 5. The Morgan fingerprint density at radius 2 is 2.50 bits per heavy atom. The van der Waals surface area contributed by atoms with E-state index in [-0.39, 0.29) is 11.5 Å². The van der Waals surface area contributed by atoms with E-state index in [0.717, 1.165) is 0 Å². The molecular weight excluding hydrogens is 194 g/mol. The second-order valence-corrected chi connectivity index (χ2v) is 3.16. The summed E-state index contributed by atoms with van der Waals surface area (Å²) < 4.78 is 1.67. The van der Waals surface area contributed by atoms with Crippen LogP contribution in [0.15, 0.2) is 6.33 Å². The van der Waals surface area contributed by atoms with Gasteiger partial charge in [0.15, 0.2) is 11.6 Å². The molecule has 1 aromatic rings. The number of aromatic nitrogens is 3. The van der Waals surface area contributed by atoms with Crippen LogP contribution in [0.25, 0.3) is 0 Å². The molecule has 0 aliphatic rings. The molecule has 0 aromatic carbocycles. The third kappa shape index (κ3) is 1.81. The van der Waals surface area contributed by atoms with Crippen molar-refractivity contribution in [3.8, 4) is 0 Å². The molecule has 12 heavy (non-hydrogen) atoms. The number of Topliss-reactive ketones (excluding diaryl/α,β-unsaturated/α-hetero) is 1. The molecule has 1 atom stereocenters. The lowest BCUT2D eigenvalue weighted by atomic mass is 10.3. The van der Waals surface area contributed by atoms with Crippen molar-refractivity contribution in [2.75, 3.05) is 5.75 Å². The lowest BCUT2D eigenvalue weighted by molar-refractivity contribution is -0.116. The molecule has 66 valence electrons. The normalized spacial score (nSPS) is 12.9. The Morgan fingerprint density at radius 1 is 1.83 bits per heavy atom. The smallest absolute Gasteiger partial charge is 0.162 e. The molecule has 0 saturated heterocycles. The van der Waals surface area contributed by atoms with Gasteiger partial charge in [0.05, 0.1) is 5.75 Å². The van der Waals surface area contributed by atoms with E-state index in [1.165, 1.54) is 6.33 Å². The fourth-order valence-corrected chi connectivity index (χ4v) is 1.42. The lowest BCUT2D eigenvalue weighted by Gasteiger charge is -2.05. The molecule has 1 aromatic heterocycles. The Labute approximate surface area is 81.2 Å². The molecule has 6 heteroatoms. The summed E-state index contributed by atoms with van der Waals surface area (Å²) in [5.74, 6) is 0.649. The van der Waals surface area contributed by atoms with E-state index in [4.69, 9.17) is 0 Å². The van der Waals surface area contributed by atoms with Crippen molar-refractivity contribution < 1.29 is 4.79 Å². The topological polar surface area (TPSA) is 47.8 Å². The maximum Gasteiger partial charge on any atom is 0.162 e. The van der Waals surface area contributed by atoms with Crippen molar-refractivity contribution >= 4 is 31.0 Å². The molecule has 0 fully saturated rings. The summed E-state index contributed by atoms with van der Waals surface area (Å²) in [4.78, 5) is 11.1. The largest absolute Gasteiger partial charge is 0.319 e. The fraction of sp³-hybridized carbons (Fsp3) is 0.500. The molecule has 0 amide bonds. The molecule has 1 heterocycles. The molecule has 0 bridgehead atoms. The van der Waals surface area contributed by atoms with Gasteiger partial charge in [0.1, 0.15) is 11.6 Å². The quantitative estimate of drug-likeness (QED) is 0.694. The Balaban J connectivity index is 2.84. The summed E-state index contributed by atoms with van der Waals surface area (Å²) in [6.07, 6.45) is 1.53. The van der Waals surface area contributed by atoms with Crippen LogP contribution >= 0.6 is 25.3 Å². The van der Waals surface area contributed by atoms with E-state index < -0.39 is 5.25 Å². The van der Waals surface area contributed by atoms with Gasteiger partial charge in [-0.15, -0.1) is 10.2 Å². The van der Waals surface area contributed by atoms with E-state index in [1.807, 2.05) is 0 Å². The predicted molar refractivity (Wildman–Crippen MR) is 51.6 cm³/mol. The zero-order chi connectivity index (χ0) is 9.14. The van der Waals surface area contributed by atoms with Gasteiger partial charge in [-0.2, -0.15) is 25.3 Å². The molecule has 1 rings (SSSR count). The van der Waals surface area contributed by atoms with Gasteiger partial charge in [0.2, 0.25) is 0 Å². The fourth-order valence-electron chi connectivity index (χ4n) is 0.770. The average Bonchev–Trinajstić information content (AvgIpc) is 2.48. The highest BCUT2D eigenvalue weighted by molar-refractivity contribution is 7.83. The standard InChI is InChI=1S/C6H9N3OS2/c1-9-3-7-8-6(9)5(12)4(10)2-11/h3,5,11-12H,2H2,1H3. The molecule has 0 aliphatic heterocycles. The molecule has 4 nitrogen and oxygen atoms in total. The van der Waals surface area contributed by atoms with Gasteiger partial charge in [-0.1, -0.05) is 0 Å². The monoisotopic (exact) mass is 203 g/mol. The van der Waals surface area contributed by atoms with Crippen LogP contribution in [0.3, 0.4) is 0 Å². The van der Waals surface area contributed by atoms with Gasteiger partial charge in [-0.3, -0.25) is 4.79 Å². The number of hydrogen-bond donors (Lipinski definition) is 2. The van der Waals surface area contributed by atoms with Gasteiger partial charge >= 0.3 is 0 Å². The highest BCUT2D eigenvalue weighted by atomic mass is 32.1. The third-order valence-corrected chi connectivity index (χ3v) is 2.28. The van der Waals surface area contributed by atoms with Gasteiger partial charge in [-0.25, -0.2) is 0 Å². The number of rotatable bonds is 3. The van der Waals surface area contributed by atoms with Gasteiger partial charge in [0, 0.05) is 7.05 Å². The van der Waals surface area contributed by atoms with Crippen LogP contribution < -0.4 is 0 Å². The minimum atomic E-state index is -0.519. The first-order chi connectivity index (χ1) is 5.66. The number of carbonyl (C=O) groups is 1. The zero-order valence-corrected chi connectivity index (χ0v) is 8.29. The third-order valence-electron chi connectivity index (χ3n) is 1.45. The highest BCUT2D eigenvalue weighted by Gasteiger charge is 2.18. The predicted octanol–water partition coefficient (Wildman–Crippen LogP) is 0.285. The molecule has 0 N–H and O–H groups in total. The Hall–Kier alpha value is -0.490. The van der Waals surface area contributed by atoms with Gasteiger partial charge in [0.25, 0.3) is 0 Å². The van der Waals surface area contributed by atoms with Gasteiger partial charge in [-0.05, 0) is 0 Å². The minimum absolute atomic E-state index is 0.0715. The van der Waals surface area contributed by atoms with E-state index in [1.54, 1.807) is 11.6 Å². The number of ketones is 1. The summed E-state index contributed by atoms with van der Waals surface area (Å²) in [6.45, 7) is 0. The van der Waals surface area contributed by atoms with Crippen molar-refractivity contribution in [2.24, 2.45) is 7.05 Å². The highest BCUT2D eigenvalue weighted by Crippen LogP contribution is 2.17. The lowest BCUT2D eigenvalue weighted by Crippen LogP contribution is -2.12. The number of thiol groups is 2. The molecule has 0 radical (unpaired) electrons. The van der Waals surface area contributed by atoms with Crippen molar-refractivity contribution in [3.05, 3.63) is 12.2 Å². The van der Waals surface area contributed by atoms with Crippen LogP contribution in [0.4, 0.5) is 0 Å². The van der Waals surface area contributed by atoms with E-state index in [9.17, 15) is 4.79 Å². The molecule has 0 aliphatic carbocycles. The van der Waals surface area contributed by atoms with E-state index in [0.29, 0.717) is 5.82 Å². The van der Waals surface area contributed by atoms with Crippen LogP contribution in [0.5, 0.6) is 0 Å². The number of aryl methyl sites for hydroxylation is 1. The van der Waals surface area contributed by atoms with E-state index in [2.05, 4.69) is 35.5 Å². The van der Waals surface area contributed by atoms with E-state index >= 15 is 0 Å². The Bertz CT molecular complexity index is 286. The second kappa shape index (κ2) is 3.95. The van der Waals surface area contributed by atoms with Crippen molar-refractivity contribution in [1.29, 1.82) is 0 Å².